The van der Waals surface area contributed by atoms with E-state index in [0.717, 1.165) is 24.0 Å². The maximum atomic E-state index is 13.3. The minimum atomic E-state index is -0.174. The molecule has 0 atom stereocenters. The largest absolute Gasteiger partial charge is 0.292 e. The van der Waals surface area contributed by atoms with Crippen LogP contribution in [-0.4, -0.2) is 40.6 Å². The lowest BCUT2D eigenvalue weighted by Gasteiger charge is -2.22. The number of carbonyl (C=O) groups is 2. The fraction of sp³-hybridized carbons (Fsp3) is 0.250. The number of halogens is 2. The number of ketones is 1. The van der Waals surface area contributed by atoms with Gasteiger partial charge in [-0.2, -0.15) is 0 Å². The first-order valence-corrected chi connectivity index (χ1v) is 11.6. The summed E-state index contributed by atoms with van der Waals surface area (Å²) in [5, 5.41) is 0.633. The van der Waals surface area contributed by atoms with E-state index < -0.39 is 0 Å². The van der Waals surface area contributed by atoms with E-state index in [1.165, 1.54) is 16.7 Å². The van der Waals surface area contributed by atoms with E-state index in [1.54, 1.807) is 0 Å². The highest BCUT2D eigenvalue weighted by Crippen LogP contribution is 2.23. The SMILES string of the molecule is Cc1ccc(I)c(C(=O)CN(C(=O)c2cc(C)ccc2I)C2=NCCS2)c1. The lowest BCUT2D eigenvalue weighted by atomic mass is 10.1. The predicted molar refractivity (Wildman–Crippen MR) is 128 cm³/mol. The lowest BCUT2D eigenvalue weighted by Crippen LogP contribution is -2.39. The van der Waals surface area contributed by atoms with Gasteiger partial charge in [-0.3, -0.25) is 19.5 Å². The van der Waals surface area contributed by atoms with Crippen LogP contribution >= 0.6 is 56.9 Å². The number of thioether (sulfide) groups is 1. The standard InChI is InChI=1S/C20H18I2N2O2S/c1-12-3-5-16(21)14(9-12)18(25)11-24(20-23-7-8-27-20)19(26)15-10-13(2)4-6-17(15)22/h3-6,9-10H,7-8,11H2,1-2H3. The van der Waals surface area contributed by atoms with Crippen LogP contribution in [0.1, 0.15) is 31.8 Å². The summed E-state index contributed by atoms with van der Waals surface area (Å²) in [7, 11) is 0. The van der Waals surface area contributed by atoms with Gasteiger partial charge in [0.15, 0.2) is 11.0 Å². The molecule has 0 aromatic heterocycles. The van der Waals surface area contributed by atoms with Crippen molar-refractivity contribution in [1.82, 2.24) is 4.90 Å². The maximum absolute atomic E-state index is 13.3. The average molecular weight is 604 g/mol. The minimum absolute atomic E-state index is 0.00581. The molecule has 4 nitrogen and oxygen atoms in total. The Morgan fingerprint density at radius 2 is 1.63 bits per heavy atom. The summed E-state index contributed by atoms with van der Waals surface area (Å²) in [5.41, 5.74) is 3.30. The van der Waals surface area contributed by atoms with Crippen molar-refractivity contribution in [3.8, 4) is 0 Å². The second-order valence-electron chi connectivity index (χ2n) is 6.29. The molecule has 1 aliphatic heterocycles. The summed E-state index contributed by atoms with van der Waals surface area (Å²) in [4.78, 5) is 32.3. The molecular formula is C20H18I2N2O2S. The number of aryl methyl sites for hydroxylation is 2. The van der Waals surface area contributed by atoms with Gasteiger partial charge in [-0.15, -0.1) is 0 Å². The molecular weight excluding hydrogens is 586 g/mol. The Labute approximate surface area is 190 Å². The molecule has 0 N–H and O–H groups in total. The smallest absolute Gasteiger partial charge is 0.261 e. The summed E-state index contributed by atoms with van der Waals surface area (Å²) in [6, 6.07) is 11.6. The van der Waals surface area contributed by atoms with Crippen LogP contribution in [-0.2, 0) is 0 Å². The Kier molecular flexibility index (Phi) is 6.96. The van der Waals surface area contributed by atoms with Crippen LogP contribution in [0.3, 0.4) is 0 Å². The molecule has 1 aliphatic rings. The van der Waals surface area contributed by atoms with Gasteiger partial charge in [0.1, 0.15) is 0 Å². The first-order valence-electron chi connectivity index (χ1n) is 8.41. The molecule has 0 spiro atoms. The van der Waals surface area contributed by atoms with Crippen LogP contribution in [0.5, 0.6) is 0 Å². The molecule has 0 bridgehead atoms. The fourth-order valence-electron chi connectivity index (χ4n) is 2.74. The zero-order valence-electron chi connectivity index (χ0n) is 15.0. The highest BCUT2D eigenvalue weighted by molar-refractivity contribution is 14.1. The van der Waals surface area contributed by atoms with E-state index >= 15 is 0 Å². The van der Waals surface area contributed by atoms with Crippen molar-refractivity contribution in [3.05, 3.63) is 65.8 Å². The third-order valence-electron chi connectivity index (χ3n) is 4.12. The highest BCUT2D eigenvalue weighted by Gasteiger charge is 2.28. The topological polar surface area (TPSA) is 49.7 Å². The van der Waals surface area contributed by atoms with Crippen molar-refractivity contribution in [3.63, 3.8) is 0 Å². The number of amides is 1. The lowest BCUT2D eigenvalue weighted by molar-refractivity contribution is 0.0800. The molecule has 2 aromatic carbocycles. The molecule has 0 saturated heterocycles. The number of benzene rings is 2. The summed E-state index contributed by atoms with van der Waals surface area (Å²) >= 11 is 5.85. The van der Waals surface area contributed by atoms with Gasteiger partial charge in [0.25, 0.3) is 5.91 Å². The Hall–Kier alpha value is -0.940. The highest BCUT2D eigenvalue weighted by atomic mass is 127. The first-order chi connectivity index (χ1) is 12.9. The molecule has 27 heavy (non-hydrogen) atoms. The van der Waals surface area contributed by atoms with Crippen molar-refractivity contribution in [1.29, 1.82) is 0 Å². The summed E-state index contributed by atoms with van der Waals surface area (Å²) in [6.45, 7) is 4.58. The number of carbonyl (C=O) groups excluding carboxylic acids is 2. The first kappa shape index (κ1) is 20.8. The van der Waals surface area contributed by atoms with Crippen molar-refractivity contribution < 1.29 is 9.59 Å². The number of rotatable bonds is 4. The predicted octanol–water partition coefficient (Wildman–Crippen LogP) is 4.94. The van der Waals surface area contributed by atoms with Crippen LogP contribution in [0, 0.1) is 21.0 Å². The van der Waals surface area contributed by atoms with Crippen molar-refractivity contribution in [2.45, 2.75) is 13.8 Å². The molecule has 0 radical (unpaired) electrons. The second kappa shape index (κ2) is 9.04. The summed E-state index contributed by atoms with van der Waals surface area (Å²) in [6.07, 6.45) is 0. The molecule has 1 heterocycles. The number of amidine groups is 1. The normalized spacial score (nSPS) is 13.4. The van der Waals surface area contributed by atoms with E-state index in [0.29, 0.717) is 22.8 Å². The van der Waals surface area contributed by atoms with E-state index in [1.807, 2.05) is 50.2 Å². The van der Waals surface area contributed by atoms with Gasteiger partial charge in [0.05, 0.1) is 18.7 Å². The third-order valence-corrected chi connectivity index (χ3v) is 7.00. The zero-order valence-corrected chi connectivity index (χ0v) is 20.1. The molecule has 0 fully saturated rings. The van der Waals surface area contributed by atoms with E-state index in [9.17, 15) is 9.59 Å². The number of Topliss-reactive ketones (excluding diaryl/α,β-unsaturated/α-hetero) is 1. The van der Waals surface area contributed by atoms with Crippen molar-refractivity contribution in [2.75, 3.05) is 18.8 Å². The zero-order chi connectivity index (χ0) is 19.6. The van der Waals surface area contributed by atoms with Gasteiger partial charge < -0.3 is 0 Å². The monoisotopic (exact) mass is 604 g/mol. The van der Waals surface area contributed by atoms with E-state index in [4.69, 9.17) is 0 Å². The van der Waals surface area contributed by atoms with Crippen LogP contribution in [0.4, 0.5) is 0 Å². The maximum Gasteiger partial charge on any atom is 0.261 e. The molecule has 0 unspecified atom stereocenters. The van der Waals surface area contributed by atoms with Gasteiger partial charge in [-0.1, -0.05) is 35.0 Å². The summed E-state index contributed by atoms with van der Waals surface area (Å²) in [5.74, 6) is 0.585. The fourth-order valence-corrected chi connectivity index (χ4v) is 4.80. The Morgan fingerprint density at radius 3 is 2.22 bits per heavy atom. The Balaban J connectivity index is 1.94. The van der Waals surface area contributed by atoms with Gasteiger partial charge in [0.2, 0.25) is 0 Å². The molecule has 0 saturated carbocycles. The van der Waals surface area contributed by atoms with Crippen molar-refractivity contribution >= 4 is 73.8 Å². The van der Waals surface area contributed by atoms with Gasteiger partial charge in [-0.25, -0.2) is 0 Å². The molecule has 7 heteroatoms. The number of nitrogens with zero attached hydrogens (tertiary/aromatic N) is 2. The second-order valence-corrected chi connectivity index (χ2v) is 9.68. The molecule has 2 aromatic rings. The van der Waals surface area contributed by atoms with E-state index in [-0.39, 0.29) is 18.2 Å². The quantitative estimate of drug-likeness (QED) is 0.367. The molecule has 1 amide bonds. The molecule has 140 valence electrons. The van der Waals surface area contributed by atoms with Crippen LogP contribution < -0.4 is 0 Å². The van der Waals surface area contributed by atoms with Gasteiger partial charge in [-0.05, 0) is 83.3 Å². The number of hydrogen-bond acceptors (Lipinski definition) is 4. The van der Waals surface area contributed by atoms with Crippen LogP contribution in [0.25, 0.3) is 0 Å². The molecule has 0 aliphatic carbocycles. The third kappa shape index (κ3) is 4.92. The summed E-state index contributed by atoms with van der Waals surface area (Å²) < 4.78 is 1.76. The average Bonchev–Trinajstić information content (AvgIpc) is 3.17. The Morgan fingerprint density at radius 1 is 1.04 bits per heavy atom. The van der Waals surface area contributed by atoms with Gasteiger partial charge >= 0.3 is 0 Å². The van der Waals surface area contributed by atoms with E-state index in [2.05, 4.69) is 50.2 Å². The molecule has 3 rings (SSSR count). The number of hydrogen-bond donors (Lipinski definition) is 0. The van der Waals surface area contributed by atoms with Crippen molar-refractivity contribution in [2.24, 2.45) is 4.99 Å². The number of aliphatic imine (C=N–C) groups is 1. The van der Waals surface area contributed by atoms with Crippen LogP contribution in [0.2, 0.25) is 0 Å². The Bertz CT molecular complexity index is 944. The minimum Gasteiger partial charge on any atom is -0.292 e. The van der Waals surface area contributed by atoms with Gasteiger partial charge in [0, 0.05) is 18.5 Å². The van der Waals surface area contributed by atoms with Crippen LogP contribution in [0.15, 0.2) is 41.4 Å².